The van der Waals surface area contributed by atoms with Gasteiger partial charge in [0.25, 0.3) is 5.91 Å². The van der Waals surface area contributed by atoms with Crippen LogP contribution >= 0.6 is 0 Å². The summed E-state index contributed by atoms with van der Waals surface area (Å²) in [5.74, 6) is -1.94. The Balaban J connectivity index is 0.000000505. The molecule has 1 saturated carbocycles. The van der Waals surface area contributed by atoms with Gasteiger partial charge in [-0.05, 0) is 76.5 Å². The summed E-state index contributed by atoms with van der Waals surface area (Å²) in [5.41, 5.74) is 1.41. The second-order valence-corrected chi connectivity index (χ2v) is 10.8. The number of benzene rings is 1. The first-order valence-electron chi connectivity index (χ1n) is 13.1. The molecule has 214 valence electrons. The molecule has 3 fully saturated rings. The van der Waals surface area contributed by atoms with Crippen LogP contribution in [0.15, 0.2) is 24.3 Å². The number of hydrogen-bond acceptors (Lipinski definition) is 6. The number of aliphatic hydroxyl groups excluding tert-OH is 1. The lowest BCUT2D eigenvalue weighted by atomic mass is 9.76. The maximum atomic E-state index is 12.6. The number of piperidine rings is 1. The molecule has 2 aliphatic heterocycles. The van der Waals surface area contributed by atoms with E-state index in [9.17, 15) is 23.1 Å². The van der Waals surface area contributed by atoms with Gasteiger partial charge in [-0.25, -0.2) is 4.79 Å². The van der Waals surface area contributed by atoms with Gasteiger partial charge < -0.3 is 29.5 Å². The van der Waals surface area contributed by atoms with Gasteiger partial charge >= 0.3 is 12.1 Å². The standard InChI is InChI=1S/C25H38N2O4.C2HF3O2/c1-19-3-9-22(10-4-19)30-17-24(29)27-13-11-25(12-14-27)15-23(31-18-25)16-26(2)20-5-7-21(28)8-6-20;3-2(4,5)1(6)7/h3-4,9-10,20-21,23,28H,5-8,11-18H2,1-2H3;(H,6,7). The Morgan fingerprint density at radius 3 is 2.26 bits per heavy atom. The van der Waals surface area contributed by atoms with Gasteiger partial charge in [-0.1, -0.05) is 17.7 Å². The Kier molecular flexibility index (Phi) is 10.4. The number of rotatable bonds is 6. The summed E-state index contributed by atoms with van der Waals surface area (Å²) in [5, 5.41) is 16.9. The van der Waals surface area contributed by atoms with Gasteiger partial charge in [0.2, 0.25) is 0 Å². The number of ether oxygens (including phenoxy) is 2. The van der Waals surface area contributed by atoms with E-state index >= 15 is 0 Å². The molecule has 38 heavy (non-hydrogen) atoms. The van der Waals surface area contributed by atoms with E-state index in [0.29, 0.717) is 6.04 Å². The molecule has 0 bridgehead atoms. The summed E-state index contributed by atoms with van der Waals surface area (Å²) < 4.78 is 43.6. The summed E-state index contributed by atoms with van der Waals surface area (Å²) >= 11 is 0. The minimum absolute atomic E-state index is 0.0742. The molecule has 0 radical (unpaired) electrons. The number of carbonyl (C=O) groups excluding carboxylic acids is 1. The van der Waals surface area contributed by atoms with Crippen LogP contribution in [0.3, 0.4) is 0 Å². The fourth-order valence-corrected chi connectivity index (χ4v) is 5.43. The van der Waals surface area contributed by atoms with Crippen molar-refractivity contribution >= 4 is 11.9 Å². The first-order chi connectivity index (χ1) is 17.9. The van der Waals surface area contributed by atoms with Crippen molar-refractivity contribution in [3.05, 3.63) is 29.8 Å². The van der Waals surface area contributed by atoms with Crippen LogP contribution in [0.4, 0.5) is 13.2 Å². The van der Waals surface area contributed by atoms with Crippen molar-refractivity contribution in [1.29, 1.82) is 0 Å². The minimum Gasteiger partial charge on any atom is -0.484 e. The number of amides is 1. The highest BCUT2D eigenvalue weighted by Gasteiger charge is 2.43. The van der Waals surface area contributed by atoms with Crippen LogP contribution in [-0.2, 0) is 14.3 Å². The Bertz CT molecular complexity index is 910. The van der Waals surface area contributed by atoms with E-state index in [1.807, 2.05) is 36.1 Å². The highest BCUT2D eigenvalue weighted by Crippen LogP contribution is 2.42. The topological polar surface area (TPSA) is 99.5 Å². The molecule has 1 aliphatic carbocycles. The molecule has 1 aromatic carbocycles. The molecule has 0 aromatic heterocycles. The quantitative estimate of drug-likeness (QED) is 0.564. The summed E-state index contributed by atoms with van der Waals surface area (Å²) in [4.78, 5) is 25.9. The molecule has 4 rings (SSSR count). The predicted molar refractivity (Wildman–Crippen MR) is 134 cm³/mol. The van der Waals surface area contributed by atoms with Gasteiger partial charge in [-0.3, -0.25) is 4.79 Å². The number of hydrogen-bond donors (Lipinski definition) is 2. The van der Waals surface area contributed by atoms with Gasteiger partial charge in [0.1, 0.15) is 5.75 Å². The zero-order chi connectivity index (χ0) is 27.9. The van der Waals surface area contributed by atoms with Crippen LogP contribution in [0.1, 0.15) is 50.5 Å². The first kappa shape index (κ1) is 30.2. The monoisotopic (exact) mass is 544 g/mol. The summed E-state index contributed by atoms with van der Waals surface area (Å²) in [6.07, 6.45) is 2.21. The molecule has 2 N–H and O–H groups in total. The summed E-state index contributed by atoms with van der Waals surface area (Å²) in [6, 6.07) is 8.38. The summed E-state index contributed by atoms with van der Waals surface area (Å²) in [7, 11) is 2.20. The number of aliphatic hydroxyl groups is 1. The molecular formula is C27H39F3N2O6. The number of carboxylic acid groups (broad SMARTS) is 1. The van der Waals surface area contributed by atoms with Crippen LogP contribution < -0.4 is 4.74 Å². The van der Waals surface area contributed by atoms with Crippen LogP contribution in [-0.4, -0.2) is 96.2 Å². The lowest BCUT2D eigenvalue weighted by Crippen LogP contribution is -2.45. The van der Waals surface area contributed by atoms with Gasteiger partial charge in [-0.2, -0.15) is 13.2 Å². The number of nitrogens with zero attached hydrogens (tertiary/aromatic N) is 2. The van der Waals surface area contributed by atoms with Crippen LogP contribution in [0, 0.1) is 12.3 Å². The fourth-order valence-electron chi connectivity index (χ4n) is 5.43. The lowest BCUT2D eigenvalue weighted by molar-refractivity contribution is -0.192. The van der Waals surface area contributed by atoms with Gasteiger partial charge in [0, 0.05) is 25.7 Å². The number of alkyl halides is 3. The minimum atomic E-state index is -5.08. The number of aliphatic carboxylic acids is 1. The molecule has 3 aliphatic rings. The molecule has 1 amide bonds. The third kappa shape index (κ3) is 8.84. The maximum Gasteiger partial charge on any atom is 0.490 e. The number of likely N-dealkylation sites (tertiary alicyclic amines) is 1. The van der Waals surface area contributed by atoms with E-state index < -0.39 is 12.1 Å². The second kappa shape index (κ2) is 13.1. The highest BCUT2D eigenvalue weighted by molar-refractivity contribution is 5.77. The molecular weight excluding hydrogens is 505 g/mol. The normalized spacial score (nSPS) is 25.1. The smallest absolute Gasteiger partial charge is 0.484 e. The van der Waals surface area contributed by atoms with E-state index in [1.54, 1.807) is 0 Å². The van der Waals surface area contributed by atoms with E-state index in [-0.39, 0.29) is 30.1 Å². The largest absolute Gasteiger partial charge is 0.490 e. The molecule has 1 atom stereocenters. The van der Waals surface area contributed by atoms with Crippen molar-refractivity contribution < 1.29 is 42.4 Å². The predicted octanol–water partition coefficient (Wildman–Crippen LogP) is 3.64. The number of carbonyl (C=O) groups is 2. The van der Waals surface area contributed by atoms with Crippen molar-refractivity contribution in [3.63, 3.8) is 0 Å². The SMILES string of the molecule is Cc1ccc(OCC(=O)N2CCC3(CC2)COC(CN(C)C2CCC(O)CC2)C3)cc1.O=C(O)C(F)(F)F. The van der Waals surface area contributed by atoms with Gasteiger partial charge in [0.05, 0.1) is 18.8 Å². The number of halogens is 3. The van der Waals surface area contributed by atoms with E-state index in [0.717, 1.165) is 76.9 Å². The van der Waals surface area contributed by atoms with E-state index in [4.69, 9.17) is 19.4 Å². The van der Waals surface area contributed by atoms with Crippen molar-refractivity contribution in [2.75, 3.05) is 39.9 Å². The average molecular weight is 545 g/mol. The van der Waals surface area contributed by atoms with Crippen molar-refractivity contribution in [3.8, 4) is 5.75 Å². The maximum absolute atomic E-state index is 12.6. The second-order valence-electron chi connectivity index (χ2n) is 10.8. The molecule has 1 unspecified atom stereocenters. The van der Waals surface area contributed by atoms with Crippen LogP contribution in [0.5, 0.6) is 5.75 Å². The third-order valence-electron chi connectivity index (χ3n) is 7.87. The number of aryl methyl sites for hydroxylation is 1. The molecule has 1 aromatic rings. The van der Waals surface area contributed by atoms with Crippen LogP contribution in [0.25, 0.3) is 0 Å². The zero-order valence-corrected chi connectivity index (χ0v) is 22.1. The first-order valence-corrected chi connectivity index (χ1v) is 13.1. The lowest BCUT2D eigenvalue weighted by Gasteiger charge is -2.38. The molecule has 8 nitrogen and oxygen atoms in total. The fraction of sp³-hybridized carbons (Fsp3) is 0.704. The van der Waals surface area contributed by atoms with Crippen molar-refractivity contribution in [2.45, 2.75) is 76.3 Å². The molecule has 2 saturated heterocycles. The highest BCUT2D eigenvalue weighted by atomic mass is 19.4. The number of carboxylic acids is 1. The van der Waals surface area contributed by atoms with Gasteiger partial charge in [0.15, 0.2) is 6.61 Å². The van der Waals surface area contributed by atoms with E-state index in [1.165, 1.54) is 5.56 Å². The van der Waals surface area contributed by atoms with Crippen molar-refractivity contribution in [2.24, 2.45) is 5.41 Å². The van der Waals surface area contributed by atoms with E-state index in [2.05, 4.69) is 11.9 Å². The Morgan fingerprint density at radius 1 is 1.13 bits per heavy atom. The third-order valence-corrected chi connectivity index (χ3v) is 7.87. The Hall–Kier alpha value is -2.37. The average Bonchev–Trinajstić information content (AvgIpc) is 3.25. The Morgan fingerprint density at radius 2 is 1.71 bits per heavy atom. The Labute approximate surface area is 221 Å². The molecule has 11 heteroatoms. The zero-order valence-electron chi connectivity index (χ0n) is 22.1. The van der Waals surface area contributed by atoms with Gasteiger partial charge in [-0.15, -0.1) is 0 Å². The molecule has 1 spiro atoms. The van der Waals surface area contributed by atoms with Crippen LogP contribution in [0.2, 0.25) is 0 Å². The van der Waals surface area contributed by atoms with Crippen molar-refractivity contribution in [1.82, 2.24) is 9.80 Å². The number of likely N-dealkylation sites (N-methyl/N-ethyl adjacent to an activating group) is 1. The summed E-state index contributed by atoms with van der Waals surface area (Å²) in [6.45, 7) is 5.52. The molecule has 2 heterocycles.